The fourth-order valence-corrected chi connectivity index (χ4v) is 3.88. The third kappa shape index (κ3) is 4.55. The van der Waals surface area contributed by atoms with Crippen molar-refractivity contribution >= 4 is 11.3 Å². The molecule has 0 aromatic carbocycles. The van der Waals surface area contributed by atoms with Gasteiger partial charge in [-0.05, 0) is 50.8 Å². The molecule has 3 rings (SSSR count). The molecule has 2 aliphatic rings. The highest BCUT2D eigenvalue weighted by Crippen LogP contribution is 2.23. The van der Waals surface area contributed by atoms with Gasteiger partial charge in [0.15, 0.2) is 0 Å². The topological polar surface area (TPSA) is 24.5 Å². The Morgan fingerprint density at radius 2 is 1.95 bits per heavy atom. The largest absolute Gasteiger partial charge is 0.381 e. The summed E-state index contributed by atoms with van der Waals surface area (Å²) in [5.74, 6) is 0.824. The summed E-state index contributed by atoms with van der Waals surface area (Å²) in [5.41, 5.74) is 0. The molecule has 0 spiro atoms. The number of hydrogen-bond donors (Lipinski definition) is 1. The molecule has 2 heterocycles. The average Bonchev–Trinajstić information content (AvgIpc) is 3.18. The fourth-order valence-electron chi connectivity index (χ4n) is 2.84. The molecule has 1 aromatic rings. The molecule has 1 saturated heterocycles. The lowest BCUT2D eigenvalue weighted by molar-refractivity contribution is 0.0550. The van der Waals surface area contributed by atoms with E-state index in [2.05, 4.69) is 29.4 Å². The van der Waals surface area contributed by atoms with Gasteiger partial charge in [0.05, 0.1) is 0 Å². The quantitative estimate of drug-likeness (QED) is 0.837. The summed E-state index contributed by atoms with van der Waals surface area (Å²) >= 11 is 1.96. The zero-order chi connectivity index (χ0) is 13.8. The molecule has 0 unspecified atom stereocenters. The Morgan fingerprint density at radius 1 is 1.20 bits per heavy atom. The van der Waals surface area contributed by atoms with Gasteiger partial charge in [0, 0.05) is 48.6 Å². The Hall–Kier alpha value is -0.420. The molecule has 1 saturated carbocycles. The van der Waals surface area contributed by atoms with E-state index in [-0.39, 0.29) is 0 Å². The highest BCUT2D eigenvalue weighted by atomic mass is 32.1. The second kappa shape index (κ2) is 7.03. The van der Waals surface area contributed by atoms with E-state index in [1.54, 1.807) is 0 Å². The van der Waals surface area contributed by atoms with Crippen LogP contribution in [0, 0.1) is 5.92 Å². The Kier molecular flexibility index (Phi) is 5.10. The van der Waals surface area contributed by atoms with Gasteiger partial charge < -0.3 is 15.0 Å². The molecule has 2 fully saturated rings. The normalized spacial score (nSPS) is 20.7. The first-order chi connectivity index (χ1) is 9.79. The summed E-state index contributed by atoms with van der Waals surface area (Å²) in [5, 5.41) is 3.59. The Labute approximate surface area is 126 Å². The first kappa shape index (κ1) is 14.5. The summed E-state index contributed by atoms with van der Waals surface area (Å²) in [7, 11) is 2.25. The molecule has 1 aliphatic heterocycles. The van der Waals surface area contributed by atoms with E-state index in [4.69, 9.17) is 4.74 Å². The summed E-state index contributed by atoms with van der Waals surface area (Å²) in [4.78, 5) is 5.44. The summed E-state index contributed by atoms with van der Waals surface area (Å²) in [6.07, 6.45) is 5.19. The molecule has 0 amide bonds. The average molecular weight is 294 g/mol. The predicted molar refractivity (Wildman–Crippen MR) is 84.1 cm³/mol. The van der Waals surface area contributed by atoms with E-state index in [1.807, 2.05) is 11.3 Å². The minimum Gasteiger partial charge on any atom is -0.381 e. The molecule has 0 radical (unpaired) electrons. The molecular formula is C16H26N2OS. The van der Waals surface area contributed by atoms with E-state index in [1.165, 1.54) is 42.0 Å². The highest BCUT2D eigenvalue weighted by molar-refractivity contribution is 7.11. The lowest BCUT2D eigenvalue weighted by atomic mass is 10.00. The van der Waals surface area contributed by atoms with Crippen LogP contribution < -0.4 is 5.32 Å². The van der Waals surface area contributed by atoms with Crippen LogP contribution in [0.3, 0.4) is 0 Å². The molecule has 1 aliphatic carbocycles. The van der Waals surface area contributed by atoms with Gasteiger partial charge >= 0.3 is 0 Å². The van der Waals surface area contributed by atoms with Crippen molar-refractivity contribution in [3.8, 4) is 0 Å². The number of ether oxygens (including phenoxy) is 1. The zero-order valence-electron chi connectivity index (χ0n) is 12.4. The van der Waals surface area contributed by atoms with Crippen molar-refractivity contribution in [2.75, 3.05) is 26.8 Å². The lowest BCUT2D eigenvalue weighted by Crippen LogP contribution is -2.29. The predicted octanol–water partition coefficient (Wildman–Crippen LogP) is 2.86. The SMILES string of the molecule is CN(Cc1ccc(CNC2CC2)s1)CC1CCOCC1. The number of nitrogens with one attached hydrogen (secondary N) is 1. The number of nitrogens with zero attached hydrogens (tertiary/aromatic N) is 1. The number of hydrogen-bond acceptors (Lipinski definition) is 4. The van der Waals surface area contributed by atoms with Crippen LogP contribution in [-0.2, 0) is 17.8 Å². The van der Waals surface area contributed by atoms with Gasteiger partial charge in [-0.3, -0.25) is 0 Å². The molecule has 1 N–H and O–H groups in total. The van der Waals surface area contributed by atoms with Crippen molar-refractivity contribution in [3.05, 3.63) is 21.9 Å². The van der Waals surface area contributed by atoms with E-state index >= 15 is 0 Å². The second-order valence-electron chi connectivity index (χ2n) is 6.28. The monoisotopic (exact) mass is 294 g/mol. The lowest BCUT2D eigenvalue weighted by Gasteiger charge is -2.26. The van der Waals surface area contributed by atoms with Gasteiger partial charge in [-0.25, -0.2) is 0 Å². The molecule has 3 nitrogen and oxygen atoms in total. The van der Waals surface area contributed by atoms with Crippen molar-refractivity contribution in [3.63, 3.8) is 0 Å². The van der Waals surface area contributed by atoms with Gasteiger partial charge in [0.25, 0.3) is 0 Å². The van der Waals surface area contributed by atoms with Gasteiger partial charge in [0.2, 0.25) is 0 Å². The number of rotatable bonds is 7. The van der Waals surface area contributed by atoms with Crippen LogP contribution in [0.4, 0.5) is 0 Å². The fraction of sp³-hybridized carbons (Fsp3) is 0.750. The van der Waals surface area contributed by atoms with Crippen molar-refractivity contribution < 1.29 is 4.74 Å². The third-order valence-electron chi connectivity index (χ3n) is 4.20. The van der Waals surface area contributed by atoms with Crippen molar-refractivity contribution in [1.82, 2.24) is 10.2 Å². The van der Waals surface area contributed by atoms with Crippen LogP contribution in [-0.4, -0.2) is 37.7 Å². The Bertz CT molecular complexity index is 410. The first-order valence-corrected chi connectivity index (χ1v) is 8.68. The zero-order valence-corrected chi connectivity index (χ0v) is 13.3. The van der Waals surface area contributed by atoms with Crippen LogP contribution in [0.2, 0.25) is 0 Å². The first-order valence-electron chi connectivity index (χ1n) is 7.87. The molecule has 20 heavy (non-hydrogen) atoms. The maximum Gasteiger partial charge on any atom is 0.0469 e. The molecule has 4 heteroatoms. The van der Waals surface area contributed by atoms with E-state index in [9.17, 15) is 0 Å². The van der Waals surface area contributed by atoms with Crippen molar-refractivity contribution in [2.45, 2.75) is 44.8 Å². The van der Waals surface area contributed by atoms with Crippen LogP contribution in [0.5, 0.6) is 0 Å². The molecular weight excluding hydrogens is 268 g/mol. The van der Waals surface area contributed by atoms with Gasteiger partial charge in [-0.15, -0.1) is 11.3 Å². The summed E-state index contributed by atoms with van der Waals surface area (Å²) < 4.78 is 5.43. The van der Waals surface area contributed by atoms with E-state index in [0.29, 0.717) is 0 Å². The highest BCUT2D eigenvalue weighted by Gasteiger charge is 2.20. The van der Waals surface area contributed by atoms with E-state index < -0.39 is 0 Å². The molecule has 1 aromatic heterocycles. The number of thiophene rings is 1. The summed E-state index contributed by atoms with van der Waals surface area (Å²) in [6, 6.07) is 5.39. The van der Waals surface area contributed by atoms with Crippen molar-refractivity contribution in [2.24, 2.45) is 5.92 Å². The van der Waals surface area contributed by atoms with E-state index in [0.717, 1.165) is 38.3 Å². The third-order valence-corrected chi connectivity index (χ3v) is 5.27. The maximum atomic E-state index is 5.43. The van der Waals surface area contributed by atoms with Gasteiger partial charge in [-0.1, -0.05) is 0 Å². The van der Waals surface area contributed by atoms with Gasteiger partial charge in [-0.2, -0.15) is 0 Å². The van der Waals surface area contributed by atoms with Crippen molar-refractivity contribution in [1.29, 1.82) is 0 Å². The smallest absolute Gasteiger partial charge is 0.0469 e. The second-order valence-corrected chi connectivity index (χ2v) is 7.53. The van der Waals surface area contributed by atoms with Crippen LogP contribution in [0.1, 0.15) is 35.4 Å². The maximum absolute atomic E-state index is 5.43. The minimum atomic E-state index is 0.803. The Balaban J connectivity index is 1.41. The van der Waals surface area contributed by atoms with Crippen LogP contribution in [0.25, 0.3) is 0 Å². The van der Waals surface area contributed by atoms with Crippen LogP contribution >= 0.6 is 11.3 Å². The standard InChI is InChI=1S/C16H26N2OS/c1-18(11-13-6-8-19-9-7-13)12-16-5-4-15(20-16)10-17-14-2-3-14/h4-5,13-14,17H,2-3,6-12H2,1H3. The molecule has 0 atom stereocenters. The summed E-state index contributed by atoms with van der Waals surface area (Å²) in [6.45, 7) is 5.25. The van der Waals surface area contributed by atoms with Gasteiger partial charge in [0.1, 0.15) is 0 Å². The Morgan fingerprint density at radius 3 is 2.70 bits per heavy atom. The minimum absolute atomic E-state index is 0.803. The molecule has 0 bridgehead atoms. The van der Waals surface area contributed by atoms with Crippen LogP contribution in [0.15, 0.2) is 12.1 Å². The molecule has 112 valence electrons.